The van der Waals surface area contributed by atoms with Gasteiger partial charge in [-0.15, -0.1) is 0 Å². The average Bonchev–Trinajstić information content (AvgIpc) is 2.35. The summed E-state index contributed by atoms with van der Waals surface area (Å²) in [7, 11) is 2.05. The lowest BCUT2D eigenvalue weighted by Gasteiger charge is -1.96. The van der Waals surface area contributed by atoms with E-state index in [1.165, 1.54) is 4.57 Å². The van der Waals surface area contributed by atoms with Gasteiger partial charge in [-0.1, -0.05) is 19.8 Å². The smallest absolute Gasteiger partial charge is 0.256 e. The van der Waals surface area contributed by atoms with Crippen LogP contribution in [-0.2, 0) is 6.54 Å². The quantitative estimate of drug-likeness (QED) is 0.552. The van der Waals surface area contributed by atoms with Crippen molar-refractivity contribution in [3.05, 3.63) is 19.3 Å². The van der Waals surface area contributed by atoms with Crippen LogP contribution in [0.25, 0.3) is 0 Å². The Kier molecular flexibility index (Phi) is 3.68. The Labute approximate surface area is 77.7 Å². The highest BCUT2D eigenvalue weighted by atomic mass is 32.9. The molecule has 1 heterocycles. The molecule has 0 radical (unpaired) electrons. The fourth-order valence-corrected chi connectivity index (χ4v) is 2.63. The molecule has 0 bridgehead atoms. The van der Waals surface area contributed by atoms with Gasteiger partial charge in [0, 0.05) is 6.54 Å². The lowest BCUT2D eigenvalue weighted by atomic mass is 10.2. The summed E-state index contributed by atoms with van der Waals surface area (Å²) in [6.45, 7) is 2.68. The van der Waals surface area contributed by atoms with Crippen LogP contribution in [0, 0.1) is 0 Å². The summed E-state index contributed by atoms with van der Waals surface area (Å²) in [4.78, 5) is 21.8. The van der Waals surface area contributed by atoms with E-state index in [0.717, 1.165) is 39.9 Å². The van der Waals surface area contributed by atoms with E-state index < -0.39 is 0 Å². The maximum absolute atomic E-state index is 11.0. The Morgan fingerprint density at radius 1 is 1.17 bits per heavy atom. The van der Waals surface area contributed by atoms with Crippen LogP contribution in [0.4, 0.5) is 0 Å². The standard InChI is InChI=1S/C7H11NO2S2/c1-2-3-4-5-8-6(9)11-12-7(8)10/h2-5H2,1H3. The monoisotopic (exact) mass is 205 g/mol. The molecule has 5 heteroatoms. The highest BCUT2D eigenvalue weighted by Gasteiger charge is 2.02. The maximum Gasteiger partial charge on any atom is 0.320 e. The summed E-state index contributed by atoms with van der Waals surface area (Å²) < 4.78 is 1.32. The molecule has 68 valence electrons. The molecule has 0 aliphatic carbocycles. The van der Waals surface area contributed by atoms with Crippen molar-refractivity contribution in [1.29, 1.82) is 0 Å². The second-order valence-electron chi connectivity index (χ2n) is 2.56. The zero-order valence-corrected chi connectivity index (χ0v) is 8.54. The zero-order valence-electron chi connectivity index (χ0n) is 6.91. The first-order chi connectivity index (χ1) is 5.75. The van der Waals surface area contributed by atoms with Gasteiger partial charge in [-0.25, -0.2) is 0 Å². The third-order valence-corrected chi connectivity index (χ3v) is 3.53. The first-order valence-corrected chi connectivity index (χ1v) is 6.10. The molecule has 1 aromatic rings. The molecule has 0 aliphatic rings. The zero-order chi connectivity index (χ0) is 8.97. The SMILES string of the molecule is CCCCCn1c(=O)ssc1=O. The van der Waals surface area contributed by atoms with Crippen molar-refractivity contribution >= 4 is 20.7 Å². The molecular formula is C7H11NO2S2. The lowest BCUT2D eigenvalue weighted by Crippen LogP contribution is -2.23. The molecule has 0 saturated carbocycles. The van der Waals surface area contributed by atoms with Gasteiger partial charge in [0.2, 0.25) is 0 Å². The lowest BCUT2D eigenvalue weighted by molar-refractivity contribution is 0.588. The minimum atomic E-state index is -0.110. The van der Waals surface area contributed by atoms with Crippen LogP contribution in [0.15, 0.2) is 9.59 Å². The van der Waals surface area contributed by atoms with Crippen molar-refractivity contribution in [3.63, 3.8) is 0 Å². The van der Waals surface area contributed by atoms with Crippen LogP contribution in [-0.4, -0.2) is 4.57 Å². The largest absolute Gasteiger partial charge is 0.320 e. The van der Waals surface area contributed by atoms with Crippen molar-refractivity contribution in [3.8, 4) is 0 Å². The molecule has 0 saturated heterocycles. The number of unbranched alkanes of at least 4 members (excludes halogenated alkanes) is 2. The predicted molar refractivity (Wildman–Crippen MR) is 52.3 cm³/mol. The van der Waals surface area contributed by atoms with E-state index in [1.54, 1.807) is 0 Å². The minimum Gasteiger partial charge on any atom is -0.256 e. The summed E-state index contributed by atoms with van der Waals surface area (Å²) in [6.07, 6.45) is 3.11. The van der Waals surface area contributed by atoms with E-state index in [2.05, 4.69) is 6.92 Å². The van der Waals surface area contributed by atoms with Gasteiger partial charge in [0.25, 0.3) is 0 Å². The fourth-order valence-electron chi connectivity index (χ4n) is 0.938. The molecule has 12 heavy (non-hydrogen) atoms. The molecule has 1 rings (SSSR count). The van der Waals surface area contributed by atoms with Gasteiger partial charge in [-0.05, 0) is 27.1 Å². The van der Waals surface area contributed by atoms with E-state index in [-0.39, 0.29) is 9.75 Å². The van der Waals surface area contributed by atoms with Gasteiger partial charge in [0.15, 0.2) is 0 Å². The van der Waals surface area contributed by atoms with Crippen molar-refractivity contribution in [2.45, 2.75) is 32.7 Å². The van der Waals surface area contributed by atoms with Gasteiger partial charge < -0.3 is 0 Å². The van der Waals surface area contributed by atoms with Crippen LogP contribution < -0.4 is 9.75 Å². The molecular weight excluding hydrogens is 194 g/mol. The van der Waals surface area contributed by atoms with Gasteiger partial charge >= 0.3 is 9.75 Å². The molecule has 1 aromatic heterocycles. The number of rotatable bonds is 4. The molecule has 0 amide bonds. The fraction of sp³-hybridized carbons (Fsp3) is 0.714. The van der Waals surface area contributed by atoms with E-state index in [9.17, 15) is 9.59 Å². The Morgan fingerprint density at radius 3 is 2.25 bits per heavy atom. The van der Waals surface area contributed by atoms with Crippen LogP contribution in [0.3, 0.4) is 0 Å². The van der Waals surface area contributed by atoms with Crippen LogP contribution >= 0.6 is 20.7 Å². The third-order valence-electron chi connectivity index (χ3n) is 1.61. The molecule has 3 nitrogen and oxygen atoms in total. The van der Waals surface area contributed by atoms with Gasteiger partial charge in [0.05, 0.1) is 0 Å². The molecule has 0 aromatic carbocycles. The van der Waals surface area contributed by atoms with Crippen molar-refractivity contribution in [2.75, 3.05) is 0 Å². The van der Waals surface area contributed by atoms with E-state index in [4.69, 9.17) is 0 Å². The Morgan fingerprint density at radius 2 is 1.75 bits per heavy atom. The summed E-state index contributed by atoms with van der Waals surface area (Å²) >= 11 is 0. The third kappa shape index (κ3) is 2.28. The second kappa shape index (κ2) is 4.57. The van der Waals surface area contributed by atoms with Crippen LogP contribution in [0.5, 0.6) is 0 Å². The average molecular weight is 205 g/mol. The number of hydrogen-bond acceptors (Lipinski definition) is 4. The topological polar surface area (TPSA) is 39.1 Å². The van der Waals surface area contributed by atoms with Crippen molar-refractivity contribution in [2.24, 2.45) is 0 Å². The predicted octanol–water partition coefficient (Wildman–Crippen LogP) is 1.52. The molecule has 0 N–H and O–H groups in total. The Hall–Kier alpha value is -0.420. The van der Waals surface area contributed by atoms with Crippen LogP contribution in [0.2, 0.25) is 0 Å². The number of nitrogens with zero attached hydrogens (tertiary/aromatic N) is 1. The Bertz CT molecular complexity index is 308. The van der Waals surface area contributed by atoms with Gasteiger partial charge in [-0.2, -0.15) is 0 Å². The molecule has 0 spiro atoms. The molecule has 0 fully saturated rings. The molecule has 0 aliphatic heterocycles. The second-order valence-corrected chi connectivity index (χ2v) is 4.59. The van der Waals surface area contributed by atoms with Crippen LogP contribution in [0.1, 0.15) is 26.2 Å². The number of aromatic nitrogens is 1. The van der Waals surface area contributed by atoms with E-state index in [1.807, 2.05) is 0 Å². The summed E-state index contributed by atoms with van der Waals surface area (Å²) in [5, 5.41) is 0. The normalized spacial score (nSPS) is 10.4. The summed E-state index contributed by atoms with van der Waals surface area (Å²) in [5.74, 6) is 0. The van der Waals surface area contributed by atoms with E-state index in [0.29, 0.717) is 6.54 Å². The summed E-state index contributed by atoms with van der Waals surface area (Å²) in [5.41, 5.74) is 0. The molecule has 0 atom stereocenters. The Balaban J connectivity index is 2.62. The van der Waals surface area contributed by atoms with Gasteiger partial charge in [0.1, 0.15) is 0 Å². The molecule has 0 unspecified atom stereocenters. The van der Waals surface area contributed by atoms with Gasteiger partial charge in [-0.3, -0.25) is 14.2 Å². The maximum atomic E-state index is 11.0. The number of hydrogen-bond donors (Lipinski definition) is 0. The van der Waals surface area contributed by atoms with Crippen molar-refractivity contribution < 1.29 is 0 Å². The highest BCUT2D eigenvalue weighted by Crippen LogP contribution is 1.97. The van der Waals surface area contributed by atoms with Crippen molar-refractivity contribution in [1.82, 2.24) is 4.57 Å². The first kappa shape index (κ1) is 9.67. The summed E-state index contributed by atoms with van der Waals surface area (Å²) in [6, 6.07) is 0. The first-order valence-electron chi connectivity index (χ1n) is 3.95. The van der Waals surface area contributed by atoms with E-state index >= 15 is 0 Å². The highest BCUT2D eigenvalue weighted by molar-refractivity contribution is 7.67. The minimum absolute atomic E-state index is 0.110.